The molecule has 2 aromatic rings. The first-order valence-electron chi connectivity index (χ1n) is 7.49. The van der Waals surface area contributed by atoms with Gasteiger partial charge in [-0.1, -0.05) is 40.2 Å². The van der Waals surface area contributed by atoms with Gasteiger partial charge in [-0.05, 0) is 23.8 Å². The van der Waals surface area contributed by atoms with E-state index in [-0.39, 0.29) is 5.91 Å². The summed E-state index contributed by atoms with van der Waals surface area (Å²) in [5, 5.41) is 3.99. The lowest BCUT2D eigenvalue weighted by molar-refractivity contribution is -0.118. The number of hydrogen-bond acceptors (Lipinski definition) is 5. The molecule has 1 amide bonds. The highest BCUT2D eigenvalue weighted by atomic mass is 79.9. The molecule has 0 atom stereocenters. The zero-order valence-electron chi connectivity index (χ0n) is 14.0. The molecule has 0 heterocycles. The van der Waals surface area contributed by atoms with Crippen LogP contribution in [0.5, 0.6) is 11.5 Å². The maximum absolute atomic E-state index is 11.9. The normalized spacial score (nSPS) is 10.7. The van der Waals surface area contributed by atoms with Crippen molar-refractivity contribution < 1.29 is 14.3 Å². The average molecular weight is 423 g/mol. The number of para-hydroxylation sites is 1. The molecule has 2 aromatic carbocycles. The molecule has 0 saturated heterocycles. The molecule has 0 aliphatic heterocycles. The summed E-state index contributed by atoms with van der Waals surface area (Å²) < 4.78 is 11.6. The van der Waals surface area contributed by atoms with E-state index in [0.717, 1.165) is 21.4 Å². The molecule has 0 saturated carbocycles. The van der Waals surface area contributed by atoms with Crippen LogP contribution in [0.25, 0.3) is 0 Å². The minimum absolute atomic E-state index is 0.157. The Morgan fingerprint density at radius 3 is 2.72 bits per heavy atom. The second-order valence-corrected chi connectivity index (χ2v) is 6.80. The van der Waals surface area contributed by atoms with Crippen molar-refractivity contribution >= 4 is 39.8 Å². The Bertz CT molecular complexity index is 753. The van der Waals surface area contributed by atoms with Crippen LogP contribution in [-0.2, 0) is 10.5 Å². The van der Waals surface area contributed by atoms with Gasteiger partial charge in [-0.3, -0.25) is 4.79 Å². The number of hydrazone groups is 1. The van der Waals surface area contributed by atoms with Gasteiger partial charge < -0.3 is 9.47 Å². The van der Waals surface area contributed by atoms with E-state index < -0.39 is 0 Å². The van der Waals surface area contributed by atoms with Crippen LogP contribution in [0.4, 0.5) is 0 Å². The van der Waals surface area contributed by atoms with E-state index in [4.69, 9.17) is 9.47 Å². The molecule has 0 spiro atoms. The van der Waals surface area contributed by atoms with E-state index in [1.165, 1.54) is 18.0 Å². The Morgan fingerprint density at radius 2 is 2.00 bits per heavy atom. The van der Waals surface area contributed by atoms with Crippen LogP contribution in [0.2, 0.25) is 0 Å². The van der Waals surface area contributed by atoms with Gasteiger partial charge in [-0.25, -0.2) is 5.43 Å². The summed E-state index contributed by atoms with van der Waals surface area (Å²) in [4.78, 5) is 11.9. The maximum Gasteiger partial charge on any atom is 0.250 e. The minimum Gasteiger partial charge on any atom is -0.493 e. The van der Waals surface area contributed by atoms with E-state index in [1.54, 1.807) is 20.3 Å². The van der Waals surface area contributed by atoms with E-state index in [1.807, 2.05) is 36.4 Å². The molecule has 0 aromatic heterocycles. The van der Waals surface area contributed by atoms with Crippen LogP contribution in [0.3, 0.4) is 0 Å². The number of carbonyl (C=O) groups excluding carboxylic acids is 1. The third kappa shape index (κ3) is 5.79. The van der Waals surface area contributed by atoms with E-state index in [0.29, 0.717) is 17.3 Å². The Kier molecular flexibility index (Phi) is 7.81. The molecule has 132 valence electrons. The van der Waals surface area contributed by atoms with Crippen molar-refractivity contribution in [2.24, 2.45) is 5.10 Å². The fourth-order valence-corrected chi connectivity index (χ4v) is 3.52. The van der Waals surface area contributed by atoms with Gasteiger partial charge in [0.2, 0.25) is 5.91 Å². The molecular weight excluding hydrogens is 404 g/mol. The lowest BCUT2D eigenvalue weighted by Crippen LogP contribution is -2.19. The second-order valence-electron chi connectivity index (χ2n) is 4.96. The van der Waals surface area contributed by atoms with Gasteiger partial charge in [0, 0.05) is 15.8 Å². The van der Waals surface area contributed by atoms with Crippen molar-refractivity contribution in [2.45, 2.75) is 5.75 Å². The highest BCUT2D eigenvalue weighted by Gasteiger charge is 2.07. The molecule has 0 aliphatic rings. The number of nitrogens with one attached hydrogen (secondary N) is 1. The van der Waals surface area contributed by atoms with Crippen LogP contribution in [0, 0.1) is 0 Å². The fourth-order valence-electron chi connectivity index (χ4n) is 2.09. The first kappa shape index (κ1) is 19.3. The van der Waals surface area contributed by atoms with Crippen molar-refractivity contribution in [3.05, 3.63) is 58.1 Å². The van der Waals surface area contributed by atoms with Crippen molar-refractivity contribution in [3.63, 3.8) is 0 Å². The summed E-state index contributed by atoms with van der Waals surface area (Å²) in [6.45, 7) is 0. The smallest absolute Gasteiger partial charge is 0.250 e. The van der Waals surface area contributed by atoms with Crippen LogP contribution < -0.4 is 14.9 Å². The number of halogens is 1. The van der Waals surface area contributed by atoms with Gasteiger partial charge in [-0.2, -0.15) is 5.10 Å². The first-order chi connectivity index (χ1) is 12.2. The average Bonchev–Trinajstić information content (AvgIpc) is 2.63. The number of nitrogens with zero attached hydrogens (tertiary/aromatic N) is 1. The largest absolute Gasteiger partial charge is 0.493 e. The molecule has 1 N–H and O–H groups in total. The number of hydrogen-bond donors (Lipinski definition) is 1. The van der Waals surface area contributed by atoms with Crippen LogP contribution >= 0.6 is 27.7 Å². The monoisotopic (exact) mass is 422 g/mol. The van der Waals surface area contributed by atoms with Crippen molar-refractivity contribution in [1.29, 1.82) is 0 Å². The third-order valence-electron chi connectivity index (χ3n) is 3.27. The number of thioether (sulfide) groups is 1. The van der Waals surface area contributed by atoms with Crippen molar-refractivity contribution in [2.75, 3.05) is 20.0 Å². The quantitative estimate of drug-likeness (QED) is 0.518. The fraction of sp³-hybridized carbons (Fsp3) is 0.222. The molecule has 0 fully saturated rings. The summed E-state index contributed by atoms with van der Waals surface area (Å²) in [7, 11) is 3.13. The number of methoxy groups -OCH3 is 2. The number of amides is 1. The number of carbonyl (C=O) groups is 1. The molecular formula is C18H19BrN2O3S. The van der Waals surface area contributed by atoms with Gasteiger partial charge in [0.25, 0.3) is 0 Å². The Morgan fingerprint density at radius 1 is 1.20 bits per heavy atom. The zero-order valence-corrected chi connectivity index (χ0v) is 16.4. The molecule has 0 bridgehead atoms. The van der Waals surface area contributed by atoms with Gasteiger partial charge in [0.05, 0.1) is 26.2 Å². The predicted octanol–water partition coefficient (Wildman–Crippen LogP) is 3.85. The summed E-state index contributed by atoms with van der Waals surface area (Å²) in [6, 6.07) is 13.4. The first-order valence-corrected chi connectivity index (χ1v) is 9.44. The molecule has 7 heteroatoms. The van der Waals surface area contributed by atoms with Gasteiger partial charge in [0.15, 0.2) is 11.5 Å². The topological polar surface area (TPSA) is 59.9 Å². The highest BCUT2D eigenvalue weighted by Crippen LogP contribution is 2.29. The Hall–Kier alpha value is -1.99. The number of rotatable bonds is 8. The van der Waals surface area contributed by atoms with Gasteiger partial charge in [-0.15, -0.1) is 11.8 Å². The van der Waals surface area contributed by atoms with E-state index >= 15 is 0 Å². The number of ether oxygens (including phenoxy) is 2. The minimum atomic E-state index is -0.157. The van der Waals surface area contributed by atoms with Crippen LogP contribution in [-0.4, -0.2) is 32.1 Å². The second kappa shape index (κ2) is 10.1. The maximum atomic E-state index is 11.9. The Balaban J connectivity index is 1.84. The lowest BCUT2D eigenvalue weighted by Gasteiger charge is -2.09. The predicted molar refractivity (Wildman–Crippen MR) is 106 cm³/mol. The molecule has 2 rings (SSSR count). The highest BCUT2D eigenvalue weighted by molar-refractivity contribution is 9.10. The Labute approximate surface area is 159 Å². The zero-order chi connectivity index (χ0) is 18.1. The molecule has 25 heavy (non-hydrogen) atoms. The third-order valence-corrected chi connectivity index (χ3v) is 5.03. The molecule has 0 aliphatic carbocycles. The number of benzene rings is 2. The standard InChI is InChI=1S/C18H19BrN2O3S/c1-23-16-9-5-7-13(18(16)24-2)10-20-21-17(22)12-25-11-14-6-3-4-8-15(14)19/h3-10H,11-12H2,1-2H3,(H,21,22). The van der Waals surface area contributed by atoms with Gasteiger partial charge in [0.1, 0.15) is 0 Å². The van der Waals surface area contributed by atoms with E-state index in [9.17, 15) is 4.79 Å². The summed E-state index contributed by atoms with van der Waals surface area (Å²) in [5.41, 5.74) is 4.40. The van der Waals surface area contributed by atoms with Crippen LogP contribution in [0.15, 0.2) is 52.0 Å². The van der Waals surface area contributed by atoms with Crippen molar-refractivity contribution in [1.82, 2.24) is 5.43 Å². The molecule has 0 radical (unpaired) electrons. The summed E-state index contributed by atoms with van der Waals surface area (Å²) in [6.07, 6.45) is 1.54. The summed E-state index contributed by atoms with van der Waals surface area (Å²) in [5.74, 6) is 2.11. The lowest BCUT2D eigenvalue weighted by atomic mass is 10.2. The molecule has 0 unspecified atom stereocenters. The van der Waals surface area contributed by atoms with Crippen LogP contribution in [0.1, 0.15) is 11.1 Å². The van der Waals surface area contributed by atoms with Crippen molar-refractivity contribution in [3.8, 4) is 11.5 Å². The van der Waals surface area contributed by atoms with Gasteiger partial charge >= 0.3 is 0 Å². The molecule has 5 nitrogen and oxygen atoms in total. The van der Waals surface area contributed by atoms with E-state index in [2.05, 4.69) is 26.5 Å². The summed E-state index contributed by atoms with van der Waals surface area (Å²) >= 11 is 5.03. The SMILES string of the molecule is COc1cccc(C=NNC(=O)CSCc2ccccc2Br)c1OC.